The largest absolute Gasteiger partial charge is 0.241 e. The Kier molecular flexibility index (Phi) is 2.45. The molecule has 83 valence electrons. The molecule has 1 aromatic heterocycles. The first kappa shape index (κ1) is 10.5. The summed E-state index contributed by atoms with van der Waals surface area (Å²) in [6, 6.07) is 14.6. The van der Waals surface area contributed by atoms with Gasteiger partial charge in [0.05, 0.1) is 15.2 Å². The molecule has 0 aliphatic rings. The van der Waals surface area contributed by atoms with Crippen molar-refractivity contribution < 1.29 is 0 Å². The maximum absolute atomic E-state index is 4.55. The van der Waals surface area contributed by atoms with Gasteiger partial charge in [0, 0.05) is 0 Å². The van der Waals surface area contributed by atoms with Crippen LogP contribution < -0.4 is 0 Å². The highest BCUT2D eigenvalue weighted by atomic mass is 32.1. The van der Waals surface area contributed by atoms with Crippen LogP contribution in [0.15, 0.2) is 42.5 Å². The molecule has 0 spiro atoms. The Bertz CT molecular complexity index is 668. The summed E-state index contributed by atoms with van der Waals surface area (Å²) in [5.74, 6) is 0. The SMILES string of the molecule is [CH2]c1c(-c2ccccc2)ccc2sc(C)nc12. The van der Waals surface area contributed by atoms with Crippen molar-refractivity contribution in [2.45, 2.75) is 6.92 Å². The van der Waals surface area contributed by atoms with Crippen LogP contribution in [0.25, 0.3) is 21.3 Å². The van der Waals surface area contributed by atoms with E-state index in [-0.39, 0.29) is 0 Å². The molecule has 3 aromatic rings. The predicted molar refractivity (Wildman–Crippen MR) is 74.3 cm³/mol. The summed E-state index contributed by atoms with van der Waals surface area (Å²) in [6.45, 7) is 6.22. The fourth-order valence-electron chi connectivity index (χ4n) is 2.05. The minimum absolute atomic E-state index is 1.03. The van der Waals surface area contributed by atoms with Gasteiger partial charge in [-0.15, -0.1) is 11.3 Å². The third kappa shape index (κ3) is 1.75. The average Bonchev–Trinajstić information content (AvgIpc) is 2.72. The maximum atomic E-state index is 4.55. The molecular formula is C15H12NS. The van der Waals surface area contributed by atoms with Crippen LogP contribution in [0.2, 0.25) is 0 Å². The molecule has 0 aliphatic heterocycles. The standard InChI is InChI=1S/C15H12NS/c1-10-13(12-6-4-3-5-7-12)8-9-14-15(10)16-11(2)17-14/h3-9H,1H2,2H3. The topological polar surface area (TPSA) is 12.9 Å². The van der Waals surface area contributed by atoms with E-state index < -0.39 is 0 Å². The molecule has 17 heavy (non-hydrogen) atoms. The summed E-state index contributed by atoms with van der Waals surface area (Å²) in [5.41, 5.74) is 4.43. The van der Waals surface area contributed by atoms with E-state index in [1.807, 2.05) is 25.1 Å². The molecule has 0 bridgehead atoms. The van der Waals surface area contributed by atoms with Crippen molar-refractivity contribution in [3.05, 3.63) is 60.0 Å². The highest BCUT2D eigenvalue weighted by Gasteiger charge is 2.08. The zero-order valence-corrected chi connectivity index (χ0v) is 10.4. The highest BCUT2D eigenvalue weighted by Crippen LogP contribution is 2.31. The van der Waals surface area contributed by atoms with Gasteiger partial charge in [0.2, 0.25) is 0 Å². The number of aryl methyl sites for hydroxylation is 1. The van der Waals surface area contributed by atoms with Gasteiger partial charge < -0.3 is 0 Å². The van der Waals surface area contributed by atoms with Crippen LogP contribution in [0.4, 0.5) is 0 Å². The van der Waals surface area contributed by atoms with Crippen molar-refractivity contribution in [1.29, 1.82) is 0 Å². The van der Waals surface area contributed by atoms with E-state index in [1.54, 1.807) is 11.3 Å². The van der Waals surface area contributed by atoms with Gasteiger partial charge in [-0.1, -0.05) is 36.4 Å². The Balaban J connectivity index is 2.28. The molecule has 0 saturated heterocycles. The van der Waals surface area contributed by atoms with Crippen LogP contribution in [0.3, 0.4) is 0 Å². The first-order valence-electron chi connectivity index (χ1n) is 5.53. The number of nitrogens with zero attached hydrogens (tertiary/aromatic N) is 1. The van der Waals surface area contributed by atoms with Crippen LogP contribution in [-0.4, -0.2) is 4.98 Å². The van der Waals surface area contributed by atoms with Crippen LogP contribution >= 0.6 is 11.3 Å². The fourth-order valence-corrected chi connectivity index (χ4v) is 2.90. The summed E-state index contributed by atoms with van der Waals surface area (Å²) in [7, 11) is 0. The third-order valence-electron chi connectivity index (χ3n) is 2.86. The fraction of sp³-hybridized carbons (Fsp3) is 0.0667. The molecule has 2 heteroatoms. The summed E-state index contributed by atoms with van der Waals surface area (Å²) in [6.07, 6.45) is 0. The molecule has 2 aromatic carbocycles. The van der Waals surface area contributed by atoms with Crippen LogP contribution in [-0.2, 0) is 0 Å². The average molecular weight is 238 g/mol. The smallest absolute Gasteiger partial charge is 0.0907 e. The Hall–Kier alpha value is -1.67. The van der Waals surface area contributed by atoms with E-state index in [9.17, 15) is 0 Å². The molecule has 0 fully saturated rings. The molecule has 3 rings (SSSR count). The zero-order chi connectivity index (χ0) is 11.8. The molecule has 0 aliphatic carbocycles. The van der Waals surface area contributed by atoms with Gasteiger partial charge in [0.15, 0.2) is 0 Å². The zero-order valence-electron chi connectivity index (χ0n) is 9.60. The van der Waals surface area contributed by atoms with Crippen molar-refractivity contribution in [2.24, 2.45) is 0 Å². The molecule has 1 heterocycles. The summed E-state index contributed by atoms with van der Waals surface area (Å²) in [5, 5.41) is 1.09. The van der Waals surface area contributed by atoms with E-state index in [2.05, 4.69) is 36.2 Å². The first-order chi connectivity index (χ1) is 8.25. The number of fused-ring (bicyclic) bond motifs is 1. The van der Waals surface area contributed by atoms with E-state index in [4.69, 9.17) is 0 Å². The van der Waals surface area contributed by atoms with Crippen molar-refractivity contribution >= 4 is 21.6 Å². The molecule has 0 saturated carbocycles. The van der Waals surface area contributed by atoms with Gasteiger partial charge >= 0.3 is 0 Å². The monoisotopic (exact) mass is 238 g/mol. The Labute approximate surface area is 105 Å². The van der Waals surface area contributed by atoms with Crippen LogP contribution in [0, 0.1) is 13.8 Å². The second-order valence-corrected chi connectivity index (χ2v) is 5.27. The molecule has 0 N–H and O–H groups in total. The number of hydrogen-bond donors (Lipinski definition) is 0. The molecule has 1 nitrogen and oxygen atoms in total. The predicted octanol–water partition coefficient (Wildman–Crippen LogP) is 4.45. The van der Waals surface area contributed by atoms with Crippen LogP contribution in [0.5, 0.6) is 0 Å². The normalized spacial score (nSPS) is 10.9. The number of hydrogen-bond acceptors (Lipinski definition) is 2. The molecule has 0 unspecified atom stereocenters. The number of thiazole rings is 1. The Morgan fingerprint density at radius 1 is 1.06 bits per heavy atom. The first-order valence-corrected chi connectivity index (χ1v) is 6.35. The summed E-state index contributed by atoms with van der Waals surface area (Å²) < 4.78 is 1.21. The quantitative estimate of drug-likeness (QED) is 0.610. The summed E-state index contributed by atoms with van der Waals surface area (Å²) >= 11 is 1.72. The molecule has 1 radical (unpaired) electrons. The minimum atomic E-state index is 1.03. The summed E-state index contributed by atoms with van der Waals surface area (Å²) in [4.78, 5) is 4.55. The third-order valence-corrected chi connectivity index (χ3v) is 3.79. The van der Waals surface area contributed by atoms with Gasteiger partial charge in [0.25, 0.3) is 0 Å². The highest BCUT2D eigenvalue weighted by molar-refractivity contribution is 7.18. The second kappa shape index (κ2) is 3.97. The minimum Gasteiger partial charge on any atom is -0.241 e. The Morgan fingerprint density at radius 2 is 1.82 bits per heavy atom. The van der Waals surface area contributed by atoms with Gasteiger partial charge in [-0.2, -0.15) is 0 Å². The van der Waals surface area contributed by atoms with Crippen LogP contribution in [0.1, 0.15) is 10.6 Å². The molecule has 0 amide bonds. The maximum Gasteiger partial charge on any atom is 0.0907 e. The lowest BCUT2D eigenvalue weighted by atomic mass is 10.00. The number of rotatable bonds is 1. The van der Waals surface area contributed by atoms with Gasteiger partial charge in [-0.05, 0) is 36.6 Å². The lowest BCUT2D eigenvalue weighted by Gasteiger charge is -2.05. The molecular weight excluding hydrogens is 226 g/mol. The van der Waals surface area contributed by atoms with Crippen molar-refractivity contribution in [2.75, 3.05) is 0 Å². The Morgan fingerprint density at radius 3 is 2.59 bits per heavy atom. The molecule has 0 atom stereocenters. The number of aromatic nitrogens is 1. The van der Waals surface area contributed by atoms with E-state index >= 15 is 0 Å². The van der Waals surface area contributed by atoms with Crippen molar-refractivity contribution in [3.8, 4) is 11.1 Å². The van der Waals surface area contributed by atoms with Gasteiger partial charge in [-0.25, -0.2) is 4.98 Å². The van der Waals surface area contributed by atoms with Gasteiger partial charge in [0.1, 0.15) is 0 Å². The van der Waals surface area contributed by atoms with E-state index in [0.717, 1.165) is 16.1 Å². The van der Waals surface area contributed by atoms with Gasteiger partial charge in [-0.3, -0.25) is 0 Å². The van der Waals surface area contributed by atoms with E-state index in [0.29, 0.717) is 0 Å². The van der Waals surface area contributed by atoms with Crippen molar-refractivity contribution in [3.63, 3.8) is 0 Å². The van der Waals surface area contributed by atoms with Crippen molar-refractivity contribution in [1.82, 2.24) is 4.98 Å². The lowest BCUT2D eigenvalue weighted by Crippen LogP contribution is -1.84. The lowest BCUT2D eigenvalue weighted by molar-refractivity contribution is 1.34. The number of benzene rings is 2. The van der Waals surface area contributed by atoms with E-state index in [1.165, 1.54) is 15.8 Å². The second-order valence-electron chi connectivity index (χ2n) is 4.04.